The van der Waals surface area contributed by atoms with Crippen LogP contribution in [0.3, 0.4) is 0 Å². The van der Waals surface area contributed by atoms with Gasteiger partial charge in [-0.3, -0.25) is 4.90 Å². The molecule has 0 amide bonds. The maximum absolute atomic E-state index is 3.55. The van der Waals surface area contributed by atoms with Crippen LogP contribution < -0.4 is 5.32 Å². The Balaban J connectivity index is 1.79. The van der Waals surface area contributed by atoms with E-state index in [0.29, 0.717) is 0 Å². The minimum atomic E-state index is 0.725. The van der Waals surface area contributed by atoms with E-state index in [4.69, 9.17) is 0 Å². The average molecular weight is 182 g/mol. The van der Waals surface area contributed by atoms with Gasteiger partial charge in [0.1, 0.15) is 0 Å². The van der Waals surface area contributed by atoms with Gasteiger partial charge in [-0.05, 0) is 38.6 Å². The lowest BCUT2D eigenvalue weighted by Gasteiger charge is -2.41. The molecule has 2 rings (SSSR count). The van der Waals surface area contributed by atoms with Crippen molar-refractivity contribution in [3.63, 3.8) is 0 Å². The van der Waals surface area contributed by atoms with Gasteiger partial charge in [0.05, 0.1) is 0 Å². The number of nitrogens with zero attached hydrogens (tertiary/aromatic N) is 1. The highest BCUT2D eigenvalue weighted by Gasteiger charge is 2.31. The largest absolute Gasteiger partial charge is 0.313 e. The maximum atomic E-state index is 3.55. The smallest absolute Gasteiger partial charge is 0.0110 e. The number of rotatable bonds is 1. The summed E-state index contributed by atoms with van der Waals surface area (Å²) in [5.41, 5.74) is 0. The third kappa shape index (κ3) is 2.23. The molecule has 1 atom stereocenters. The van der Waals surface area contributed by atoms with E-state index in [9.17, 15) is 0 Å². The maximum Gasteiger partial charge on any atom is 0.0110 e. The van der Waals surface area contributed by atoms with Crippen molar-refractivity contribution in [3.8, 4) is 0 Å². The van der Waals surface area contributed by atoms with E-state index in [2.05, 4.69) is 24.1 Å². The van der Waals surface area contributed by atoms with E-state index < -0.39 is 0 Å². The average Bonchev–Trinajstić information content (AvgIpc) is 2.25. The Labute approximate surface area is 81.7 Å². The van der Waals surface area contributed by atoms with Crippen molar-refractivity contribution in [2.75, 3.05) is 19.6 Å². The fourth-order valence-corrected chi connectivity index (χ4v) is 2.55. The van der Waals surface area contributed by atoms with Gasteiger partial charge in [0.15, 0.2) is 0 Å². The molecule has 0 aromatic carbocycles. The summed E-state index contributed by atoms with van der Waals surface area (Å²) in [6.45, 7) is 8.43. The zero-order valence-corrected chi connectivity index (χ0v) is 8.92. The second-order valence-corrected chi connectivity index (χ2v) is 4.91. The van der Waals surface area contributed by atoms with Crippen molar-refractivity contribution >= 4 is 0 Å². The van der Waals surface area contributed by atoms with Crippen LogP contribution in [-0.4, -0.2) is 36.6 Å². The van der Waals surface area contributed by atoms with Crippen LogP contribution >= 0.6 is 0 Å². The van der Waals surface area contributed by atoms with Crippen molar-refractivity contribution in [3.05, 3.63) is 0 Å². The molecule has 2 aliphatic rings. The second-order valence-electron chi connectivity index (χ2n) is 4.91. The molecule has 2 nitrogen and oxygen atoms in total. The molecule has 1 unspecified atom stereocenters. The number of nitrogens with one attached hydrogen (secondary N) is 1. The summed E-state index contributed by atoms with van der Waals surface area (Å²) in [6, 6.07) is 1.64. The Hall–Kier alpha value is -0.0800. The lowest BCUT2D eigenvalue weighted by atomic mass is 9.81. The highest BCUT2D eigenvalue weighted by molar-refractivity contribution is 4.86. The SMILES string of the molecule is CC1CC(N2CCNC(C)CC2)C1. The third-order valence-corrected chi connectivity index (χ3v) is 3.61. The van der Waals surface area contributed by atoms with Crippen LogP contribution in [0.1, 0.15) is 33.1 Å². The molecule has 76 valence electrons. The highest BCUT2D eigenvalue weighted by atomic mass is 15.2. The van der Waals surface area contributed by atoms with Crippen molar-refractivity contribution in [1.82, 2.24) is 10.2 Å². The highest BCUT2D eigenvalue weighted by Crippen LogP contribution is 2.31. The van der Waals surface area contributed by atoms with Crippen molar-refractivity contribution < 1.29 is 0 Å². The predicted octanol–water partition coefficient (Wildman–Crippen LogP) is 1.47. The van der Waals surface area contributed by atoms with E-state index in [1.807, 2.05) is 0 Å². The van der Waals surface area contributed by atoms with Crippen LogP contribution in [-0.2, 0) is 0 Å². The summed E-state index contributed by atoms with van der Waals surface area (Å²) in [5, 5.41) is 3.55. The molecule has 0 spiro atoms. The monoisotopic (exact) mass is 182 g/mol. The quantitative estimate of drug-likeness (QED) is 0.660. The van der Waals surface area contributed by atoms with Gasteiger partial charge < -0.3 is 5.32 Å². The molecule has 1 saturated carbocycles. The topological polar surface area (TPSA) is 15.3 Å². The lowest BCUT2D eigenvalue weighted by Crippen LogP contribution is -2.45. The van der Waals surface area contributed by atoms with Crippen LogP contribution in [0, 0.1) is 5.92 Å². The Kier molecular flexibility index (Phi) is 2.89. The van der Waals surface area contributed by atoms with Crippen molar-refractivity contribution in [2.24, 2.45) is 5.92 Å². The van der Waals surface area contributed by atoms with Gasteiger partial charge >= 0.3 is 0 Å². The minimum absolute atomic E-state index is 0.725. The summed E-state index contributed by atoms with van der Waals surface area (Å²) < 4.78 is 0. The first-order valence-corrected chi connectivity index (χ1v) is 5.73. The van der Waals surface area contributed by atoms with Crippen LogP contribution in [0.15, 0.2) is 0 Å². The Bertz CT molecular complexity index is 163. The molecule has 1 saturated heterocycles. The molecule has 1 aliphatic heterocycles. The fourth-order valence-electron chi connectivity index (χ4n) is 2.55. The Morgan fingerprint density at radius 2 is 1.92 bits per heavy atom. The molecule has 2 heteroatoms. The summed E-state index contributed by atoms with van der Waals surface area (Å²) in [5.74, 6) is 0.985. The molecular formula is C11H22N2. The molecule has 1 heterocycles. The van der Waals surface area contributed by atoms with E-state index >= 15 is 0 Å². The zero-order valence-electron chi connectivity index (χ0n) is 8.92. The van der Waals surface area contributed by atoms with E-state index in [0.717, 1.165) is 18.0 Å². The predicted molar refractivity (Wildman–Crippen MR) is 55.8 cm³/mol. The van der Waals surface area contributed by atoms with Crippen LogP contribution in [0.2, 0.25) is 0 Å². The van der Waals surface area contributed by atoms with Crippen LogP contribution in [0.5, 0.6) is 0 Å². The van der Waals surface area contributed by atoms with Gasteiger partial charge in [0.25, 0.3) is 0 Å². The minimum Gasteiger partial charge on any atom is -0.313 e. The second kappa shape index (κ2) is 3.97. The van der Waals surface area contributed by atoms with Gasteiger partial charge in [0, 0.05) is 25.2 Å². The van der Waals surface area contributed by atoms with Crippen LogP contribution in [0.25, 0.3) is 0 Å². The molecule has 0 bridgehead atoms. The number of hydrogen-bond donors (Lipinski definition) is 1. The molecule has 0 radical (unpaired) electrons. The van der Waals surface area contributed by atoms with Gasteiger partial charge in [-0.25, -0.2) is 0 Å². The molecule has 0 aromatic rings. The van der Waals surface area contributed by atoms with Crippen molar-refractivity contribution in [1.29, 1.82) is 0 Å². The third-order valence-electron chi connectivity index (χ3n) is 3.61. The van der Waals surface area contributed by atoms with E-state index in [1.54, 1.807) is 0 Å². The normalized spacial score (nSPS) is 42.5. The Morgan fingerprint density at radius 1 is 1.15 bits per heavy atom. The molecule has 2 fully saturated rings. The Morgan fingerprint density at radius 3 is 2.62 bits per heavy atom. The summed E-state index contributed by atoms with van der Waals surface area (Å²) in [4.78, 5) is 2.69. The summed E-state index contributed by atoms with van der Waals surface area (Å²) in [6.07, 6.45) is 4.20. The van der Waals surface area contributed by atoms with Gasteiger partial charge in [-0.2, -0.15) is 0 Å². The van der Waals surface area contributed by atoms with Gasteiger partial charge in [0.2, 0.25) is 0 Å². The first kappa shape index (κ1) is 9.47. The fraction of sp³-hybridized carbons (Fsp3) is 1.00. The number of hydrogen-bond acceptors (Lipinski definition) is 2. The zero-order chi connectivity index (χ0) is 9.26. The molecule has 0 aromatic heterocycles. The standard InChI is InChI=1S/C11H22N2/c1-9-7-11(8-9)13-5-3-10(2)12-4-6-13/h9-12H,3-8H2,1-2H3. The summed E-state index contributed by atoms with van der Waals surface area (Å²) >= 11 is 0. The lowest BCUT2D eigenvalue weighted by molar-refractivity contribution is 0.0920. The van der Waals surface area contributed by atoms with Gasteiger partial charge in [-0.1, -0.05) is 6.92 Å². The molecule has 13 heavy (non-hydrogen) atoms. The molecule has 1 N–H and O–H groups in total. The van der Waals surface area contributed by atoms with E-state index in [-0.39, 0.29) is 0 Å². The molecular weight excluding hydrogens is 160 g/mol. The molecule has 1 aliphatic carbocycles. The van der Waals surface area contributed by atoms with Gasteiger partial charge in [-0.15, -0.1) is 0 Å². The van der Waals surface area contributed by atoms with E-state index in [1.165, 1.54) is 38.9 Å². The van der Waals surface area contributed by atoms with Crippen LogP contribution in [0.4, 0.5) is 0 Å². The summed E-state index contributed by atoms with van der Waals surface area (Å²) in [7, 11) is 0. The van der Waals surface area contributed by atoms with Crippen molar-refractivity contribution in [2.45, 2.75) is 45.2 Å². The first-order valence-electron chi connectivity index (χ1n) is 5.73. The first-order chi connectivity index (χ1) is 6.25.